The van der Waals surface area contributed by atoms with E-state index in [0.717, 1.165) is 35.0 Å². The van der Waals surface area contributed by atoms with Crippen molar-refractivity contribution in [1.29, 1.82) is 0 Å². The van der Waals surface area contributed by atoms with E-state index in [1.54, 1.807) is 16.2 Å². The van der Waals surface area contributed by atoms with Crippen LogP contribution >= 0.6 is 34.7 Å². The lowest BCUT2D eigenvalue weighted by Crippen LogP contribution is -2.31. The first-order valence-corrected chi connectivity index (χ1v) is 11.9. The molecule has 1 N–H and O–H groups in total. The van der Waals surface area contributed by atoms with Crippen LogP contribution in [0.15, 0.2) is 29.1 Å². The third kappa shape index (κ3) is 4.22. The van der Waals surface area contributed by atoms with E-state index in [4.69, 9.17) is 11.6 Å². The number of H-pyrrole nitrogens is 1. The molecular formula is C21H22ClN3O2S2. The summed E-state index contributed by atoms with van der Waals surface area (Å²) in [5.41, 5.74) is 2.17. The number of thiophene rings is 1. The highest BCUT2D eigenvalue weighted by molar-refractivity contribution is 7.99. The number of carbonyl (C=O) groups excluding carboxylic acids is 1. The lowest BCUT2D eigenvalue weighted by atomic mass is 10.1. The minimum Gasteiger partial charge on any atom is -0.338 e. The van der Waals surface area contributed by atoms with Gasteiger partial charge in [-0.15, -0.1) is 23.1 Å². The van der Waals surface area contributed by atoms with Crippen molar-refractivity contribution in [3.8, 4) is 0 Å². The quantitative estimate of drug-likeness (QED) is 0.600. The Kier molecular flexibility index (Phi) is 5.99. The van der Waals surface area contributed by atoms with Gasteiger partial charge in [0.1, 0.15) is 10.7 Å². The molecule has 2 heterocycles. The number of amides is 1. The van der Waals surface area contributed by atoms with E-state index in [0.29, 0.717) is 22.4 Å². The first kappa shape index (κ1) is 20.4. The van der Waals surface area contributed by atoms with Gasteiger partial charge >= 0.3 is 0 Å². The maximum Gasteiger partial charge on any atom is 0.259 e. The number of hydrogen-bond donors (Lipinski definition) is 1. The van der Waals surface area contributed by atoms with E-state index >= 15 is 0 Å². The van der Waals surface area contributed by atoms with E-state index in [1.165, 1.54) is 22.2 Å². The Morgan fingerprint density at radius 3 is 2.86 bits per heavy atom. The largest absolute Gasteiger partial charge is 0.338 e. The number of halogens is 1. The summed E-state index contributed by atoms with van der Waals surface area (Å²) in [6.07, 6.45) is 3.14. The molecule has 0 radical (unpaired) electrons. The molecule has 5 nitrogen and oxygen atoms in total. The number of carbonyl (C=O) groups is 1. The average molecular weight is 448 g/mol. The zero-order valence-corrected chi connectivity index (χ0v) is 18.7. The Morgan fingerprint density at radius 1 is 1.34 bits per heavy atom. The molecule has 1 aliphatic rings. The number of aromatic amines is 1. The molecule has 1 aromatic carbocycles. The van der Waals surface area contributed by atoms with E-state index in [-0.39, 0.29) is 17.5 Å². The maximum absolute atomic E-state index is 12.6. The van der Waals surface area contributed by atoms with Gasteiger partial charge in [-0.05, 0) is 49.4 Å². The van der Waals surface area contributed by atoms with Gasteiger partial charge in [0, 0.05) is 16.9 Å². The predicted octanol–water partition coefficient (Wildman–Crippen LogP) is 4.58. The van der Waals surface area contributed by atoms with Crippen LogP contribution in [-0.4, -0.2) is 33.6 Å². The monoisotopic (exact) mass is 447 g/mol. The third-order valence-electron chi connectivity index (χ3n) is 5.42. The minimum atomic E-state index is -0.0511. The van der Waals surface area contributed by atoms with Crippen LogP contribution in [0, 0.1) is 0 Å². The zero-order valence-electron chi connectivity index (χ0n) is 16.3. The molecule has 0 aliphatic heterocycles. The first-order chi connectivity index (χ1) is 13.9. The van der Waals surface area contributed by atoms with Gasteiger partial charge in [-0.1, -0.05) is 23.7 Å². The van der Waals surface area contributed by atoms with Crippen LogP contribution in [0.3, 0.4) is 0 Å². The fraction of sp³-hybridized carbons (Fsp3) is 0.381. The Morgan fingerprint density at radius 2 is 2.10 bits per heavy atom. The number of nitrogens with one attached hydrogen (secondary N) is 1. The highest BCUT2D eigenvalue weighted by Gasteiger charge is 2.21. The molecule has 2 aromatic heterocycles. The van der Waals surface area contributed by atoms with Crippen LogP contribution in [0.1, 0.15) is 41.2 Å². The molecule has 0 spiro atoms. The molecule has 0 saturated heterocycles. The number of fused-ring (bicyclic) bond motifs is 3. The summed E-state index contributed by atoms with van der Waals surface area (Å²) < 4.78 is 0. The van der Waals surface area contributed by atoms with E-state index in [2.05, 4.69) is 9.97 Å². The Labute approximate surface area is 182 Å². The van der Waals surface area contributed by atoms with Gasteiger partial charge in [-0.25, -0.2) is 4.98 Å². The standard InChI is InChI=1S/C21H22ClN3O2S2/c1-12(13-6-8-14(22)9-7-13)25(2)18(26)11-28-10-17-23-20(27)19-15-4-3-5-16(15)29-21(19)24-17/h6-9,12H,3-5,10-11H2,1-2H3,(H,23,24,27). The fourth-order valence-corrected chi connectivity index (χ4v) is 5.85. The number of aromatic nitrogens is 2. The van der Waals surface area contributed by atoms with Gasteiger partial charge < -0.3 is 9.88 Å². The molecular weight excluding hydrogens is 426 g/mol. The molecule has 0 fully saturated rings. The summed E-state index contributed by atoms with van der Waals surface area (Å²) in [6.45, 7) is 1.99. The van der Waals surface area contributed by atoms with Crippen LogP contribution in [0.4, 0.5) is 0 Å². The van der Waals surface area contributed by atoms with Crippen molar-refractivity contribution in [2.24, 2.45) is 0 Å². The molecule has 8 heteroatoms. The van der Waals surface area contributed by atoms with Crippen molar-refractivity contribution >= 4 is 50.8 Å². The summed E-state index contributed by atoms with van der Waals surface area (Å²) in [5, 5.41) is 1.45. The number of rotatable bonds is 6. The van der Waals surface area contributed by atoms with Gasteiger partial charge in [-0.3, -0.25) is 9.59 Å². The summed E-state index contributed by atoms with van der Waals surface area (Å²) in [5.74, 6) is 1.50. The van der Waals surface area contributed by atoms with Gasteiger partial charge in [-0.2, -0.15) is 0 Å². The molecule has 1 amide bonds. The molecule has 0 saturated carbocycles. The molecule has 152 valence electrons. The second-order valence-corrected chi connectivity index (χ2v) is 9.78. The summed E-state index contributed by atoms with van der Waals surface area (Å²) in [7, 11) is 1.81. The van der Waals surface area contributed by atoms with Crippen LogP contribution in [0.2, 0.25) is 5.02 Å². The van der Waals surface area contributed by atoms with Crippen LogP contribution in [0.5, 0.6) is 0 Å². The molecule has 1 unspecified atom stereocenters. The Hall–Kier alpha value is -1.83. The highest BCUT2D eigenvalue weighted by atomic mass is 35.5. The van der Waals surface area contributed by atoms with E-state index in [9.17, 15) is 9.59 Å². The smallest absolute Gasteiger partial charge is 0.259 e. The van der Waals surface area contributed by atoms with Crippen LogP contribution in [-0.2, 0) is 23.4 Å². The first-order valence-electron chi connectivity index (χ1n) is 9.56. The number of nitrogens with zero attached hydrogens (tertiary/aromatic N) is 2. The molecule has 1 atom stereocenters. The maximum atomic E-state index is 12.6. The number of aryl methyl sites for hydroxylation is 2. The van der Waals surface area contributed by atoms with Crippen molar-refractivity contribution in [3.05, 3.63) is 61.5 Å². The number of benzene rings is 1. The molecule has 1 aliphatic carbocycles. The van der Waals surface area contributed by atoms with Gasteiger partial charge in [0.2, 0.25) is 5.91 Å². The summed E-state index contributed by atoms with van der Waals surface area (Å²) >= 11 is 9.04. The van der Waals surface area contributed by atoms with Gasteiger partial charge in [0.05, 0.1) is 22.9 Å². The second kappa shape index (κ2) is 8.50. The van der Waals surface area contributed by atoms with Crippen molar-refractivity contribution in [3.63, 3.8) is 0 Å². The molecule has 29 heavy (non-hydrogen) atoms. The third-order valence-corrected chi connectivity index (χ3v) is 7.78. The number of hydrogen-bond acceptors (Lipinski definition) is 5. The predicted molar refractivity (Wildman–Crippen MR) is 121 cm³/mol. The van der Waals surface area contributed by atoms with E-state index < -0.39 is 0 Å². The molecule has 0 bridgehead atoms. The Bertz CT molecular complexity index is 1110. The average Bonchev–Trinajstić information content (AvgIpc) is 3.28. The highest BCUT2D eigenvalue weighted by Crippen LogP contribution is 2.34. The fourth-order valence-electron chi connectivity index (χ4n) is 3.63. The van der Waals surface area contributed by atoms with Crippen molar-refractivity contribution in [1.82, 2.24) is 14.9 Å². The van der Waals surface area contributed by atoms with Gasteiger partial charge in [0.25, 0.3) is 5.56 Å². The van der Waals surface area contributed by atoms with Crippen LogP contribution < -0.4 is 5.56 Å². The topological polar surface area (TPSA) is 66.1 Å². The Balaban J connectivity index is 1.37. The SMILES string of the molecule is CC(c1ccc(Cl)cc1)N(C)C(=O)CSCc1nc2sc3c(c2c(=O)[nH]1)CCC3. The molecule has 4 rings (SSSR count). The van der Waals surface area contributed by atoms with Crippen LogP contribution in [0.25, 0.3) is 10.2 Å². The normalized spacial score (nSPS) is 14.2. The van der Waals surface area contributed by atoms with E-state index in [1.807, 2.05) is 38.2 Å². The van der Waals surface area contributed by atoms with Crippen molar-refractivity contribution in [2.45, 2.75) is 38.0 Å². The van der Waals surface area contributed by atoms with Crippen molar-refractivity contribution < 1.29 is 4.79 Å². The van der Waals surface area contributed by atoms with Crippen molar-refractivity contribution in [2.75, 3.05) is 12.8 Å². The summed E-state index contributed by atoms with van der Waals surface area (Å²) in [6, 6.07) is 7.50. The molecule has 3 aromatic rings. The minimum absolute atomic E-state index is 0.0379. The zero-order chi connectivity index (χ0) is 20.5. The van der Waals surface area contributed by atoms with Gasteiger partial charge in [0.15, 0.2) is 0 Å². The summed E-state index contributed by atoms with van der Waals surface area (Å²) in [4.78, 5) is 36.5. The number of thioether (sulfide) groups is 1. The lowest BCUT2D eigenvalue weighted by molar-refractivity contribution is -0.128. The lowest BCUT2D eigenvalue weighted by Gasteiger charge is -2.25. The second-order valence-electron chi connectivity index (χ2n) is 7.28.